The van der Waals surface area contributed by atoms with Gasteiger partial charge in [-0.15, -0.1) is 0 Å². The summed E-state index contributed by atoms with van der Waals surface area (Å²) in [5.74, 6) is 1.08. The lowest BCUT2D eigenvalue weighted by Gasteiger charge is -2.22. The molecule has 0 atom stereocenters. The first-order chi connectivity index (χ1) is 11.5. The molecule has 6 nitrogen and oxygen atoms in total. The van der Waals surface area contributed by atoms with E-state index in [1.807, 2.05) is 42.6 Å². The zero-order valence-electron chi connectivity index (χ0n) is 13.7. The van der Waals surface area contributed by atoms with E-state index < -0.39 is 0 Å². The van der Waals surface area contributed by atoms with Crippen molar-refractivity contribution in [3.8, 4) is 6.07 Å². The van der Waals surface area contributed by atoms with Gasteiger partial charge in [-0.2, -0.15) is 5.26 Å². The zero-order valence-corrected chi connectivity index (χ0v) is 14.5. The molecule has 0 bridgehead atoms. The number of aryl methyl sites for hydroxylation is 2. The Kier molecular flexibility index (Phi) is 4.04. The van der Waals surface area contributed by atoms with E-state index >= 15 is 0 Å². The monoisotopic (exact) mass is 340 g/mol. The number of anilines is 3. The Morgan fingerprint density at radius 2 is 2.12 bits per heavy atom. The van der Waals surface area contributed by atoms with Crippen molar-refractivity contribution in [2.75, 3.05) is 17.7 Å². The first-order valence-corrected chi connectivity index (χ1v) is 7.87. The van der Waals surface area contributed by atoms with Crippen LogP contribution >= 0.6 is 11.6 Å². The molecule has 24 heavy (non-hydrogen) atoms. The number of benzene rings is 1. The summed E-state index contributed by atoms with van der Waals surface area (Å²) in [6, 6.07) is 7.67. The van der Waals surface area contributed by atoms with Gasteiger partial charge in [0.05, 0.1) is 22.4 Å². The van der Waals surface area contributed by atoms with Crippen LogP contribution in [-0.4, -0.2) is 21.6 Å². The molecule has 0 saturated carbocycles. The molecule has 0 spiro atoms. The molecule has 0 aliphatic rings. The van der Waals surface area contributed by atoms with E-state index in [0.717, 1.165) is 23.2 Å². The average Bonchev–Trinajstić information content (AvgIpc) is 2.95. The maximum absolute atomic E-state index is 9.16. The van der Waals surface area contributed by atoms with Crippen LogP contribution in [0.25, 0.3) is 11.0 Å². The third-order valence-electron chi connectivity index (χ3n) is 4.10. The number of fused-ring (bicyclic) bond motifs is 1. The number of rotatable bonds is 3. The number of hydrogen-bond acceptors (Lipinski definition) is 5. The smallest absolute Gasteiger partial charge is 0.154 e. The Morgan fingerprint density at radius 3 is 2.79 bits per heavy atom. The maximum Gasteiger partial charge on any atom is 0.154 e. The zero-order chi connectivity index (χ0) is 17.4. The van der Waals surface area contributed by atoms with Gasteiger partial charge >= 0.3 is 0 Å². The summed E-state index contributed by atoms with van der Waals surface area (Å²) >= 11 is 6.22. The van der Waals surface area contributed by atoms with Gasteiger partial charge < -0.3 is 15.2 Å². The van der Waals surface area contributed by atoms with Gasteiger partial charge in [0.15, 0.2) is 5.82 Å². The molecule has 3 aromatic rings. The molecule has 122 valence electrons. The first kappa shape index (κ1) is 16.1. The first-order valence-electron chi connectivity index (χ1n) is 7.50. The fourth-order valence-corrected chi connectivity index (χ4v) is 2.92. The second-order valence-corrected chi connectivity index (χ2v) is 5.98. The van der Waals surface area contributed by atoms with E-state index in [9.17, 15) is 0 Å². The quantitative estimate of drug-likeness (QED) is 0.789. The van der Waals surface area contributed by atoms with Gasteiger partial charge in [-0.25, -0.2) is 9.97 Å². The van der Waals surface area contributed by atoms with Crippen molar-refractivity contribution in [1.29, 1.82) is 5.26 Å². The van der Waals surface area contributed by atoms with E-state index in [1.165, 1.54) is 0 Å². The Bertz CT molecular complexity index is 969. The number of nitrogens with two attached hydrogens (primary N) is 1. The summed E-state index contributed by atoms with van der Waals surface area (Å²) in [6.45, 7) is 2.04. The van der Waals surface area contributed by atoms with Gasteiger partial charge in [0.25, 0.3) is 0 Å². The minimum absolute atomic E-state index is 0.382. The SMILES string of the molecule is CCc1cc(C#N)c(Cl)cc1N(C)c1cc2c(ncn2C)c(N)n1. The number of aromatic nitrogens is 3. The molecule has 0 amide bonds. The van der Waals surface area contributed by atoms with Gasteiger partial charge in [-0.3, -0.25) is 0 Å². The molecule has 0 radical (unpaired) electrons. The van der Waals surface area contributed by atoms with Crippen molar-refractivity contribution in [3.05, 3.63) is 40.7 Å². The summed E-state index contributed by atoms with van der Waals surface area (Å²) in [5.41, 5.74) is 10.0. The number of nitrogens with zero attached hydrogens (tertiary/aromatic N) is 5. The molecule has 0 aliphatic heterocycles. The lowest BCUT2D eigenvalue weighted by molar-refractivity contribution is 0.946. The molecule has 0 fully saturated rings. The number of nitriles is 1. The molecule has 0 aliphatic carbocycles. The van der Waals surface area contributed by atoms with Crippen molar-refractivity contribution < 1.29 is 0 Å². The topological polar surface area (TPSA) is 83.8 Å². The molecule has 2 aromatic heterocycles. The van der Waals surface area contributed by atoms with Crippen molar-refractivity contribution in [3.63, 3.8) is 0 Å². The van der Waals surface area contributed by atoms with Gasteiger partial charge in [-0.1, -0.05) is 18.5 Å². The predicted molar refractivity (Wildman–Crippen MR) is 96.5 cm³/mol. The summed E-state index contributed by atoms with van der Waals surface area (Å²) in [5, 5.41) is 9.58. The Balaban J connectivity index is 2.16. The second kappa shape index (κ2) is 6.02. The molecule has 1 aromatic carbocycles. The van der Waals surface area contributed by atoms with E-state index in [2.05, 4.69) is 16.0 Å². The third-order valence-corrected chi connectivity index (χ3v) is 4.41. The summed E-state index contributed by atoms with van der Waals surface area (Å²) < 4.78 is 1.90. The van der Waals surface area contributed by atoms with Crippen molar-refractivity contribution in [1.82, 2.24) is 14.5 Å². The van der Waals surface area contributed by atoms with Gasteiger partial charge in [0.2, 0.25) is 0 Å². The highest BCUT2D eigenvalue weighted by molar-refractivity contribution is 6.32. The standard InChI is InChI=1S/C17H17ClN6/c1-4-10-5-11(8-19)12(18)6-13(10)24(3)15-7-14-16(17(20)22-15)21-9-23(14)2/h5-7,9H,4H2,1-3H3,(H2,20,22). The van der Waals surface area contributed by atoms with Crippen LogP contribution in [0.15, 0.2) is 24.5 Å². The minimum atomic E-state index is 0.382. The molecule has 0 unspecified atom stereocenters. The Morgan fingerprint density at radius 1 is 1.38 bits per heavy atom. The summed E-state index contributed by atoms with van der Waals surface area (Å²) in [4.78, 5) is 10.6. The largest absolute Gasteiger partial charge is 0.382 e. The molecular formula is C17H17ClN6. The summed E-state index contributed by atoms with van der Waals surface area (Å²) in [6.07, 6.45) is 2.48. The lowest BCUT2D eigenvalue weighted by atomic mass is 10.1. The average molecular weight is 341 g/mol. The van der Waals surface area contributed by atoms with Crippen LogP contribution in [0, 0.1) is 11.3 Å². The second-order valence-electron chi connectivity index (χ2n) is 5.57. The van der Waals surface area contributed by atoms with E-state index in [-0.39, 0.29) is 0 Å². The van der Waals surface area contributed by atoms with Crippen molar-refractivity contribution in [2.24, 2.45) is 7.05 Å². The van der Waals surface area contributed by atoms with Crippen LogP contribution in [0.3, 0.4) is 0 Å². The van der Waals surface area contributed by atoms with Crippen molar-refractivity contribution in [2.45, 2.75) is 13.3 Å². The fourth-order valence-electron chi connectivity index (χ4n) is 2.72. The van der Waals surface area contributed by atoms with E-state index in [1.54, 1.807) is 12.4 Å². The highest BCUT2D eigenvalue weighted by Crippen LogP contribution is 2.33. The predicted octanol–water partition coefficient (Wildman–Crippen LogP) is 3.41. The lowest BCUT2D eigenvalue weighted by Crippen LogP contribution is -2.14. The van der Waals surface area contributed by atoms with Crippen LogP contribution in [-0.2, 0) is 13.5 Å². The molecule has 7 heteroatoms. The highest BCUT2D eigenvalue weighted by atomic mass is 35.5. The normalized spacial score (nSPS) is 10.8. The Hall–Kier alpha value is -2.78. The number of halogens is 1. The molecule has 3 rings (SSSR count). The number of nitrogen functional groups attached to an aromatic ring is 1. The van der Waals surface area contributed by atoms with E-state index in [0.29, 0.717) is 27.7 Å². The van der Waals surface area contributed by atoms with Gasteiger partial charge in [0, 0.05) is 25.8 Å². The fraction of sp³-hybridized carbons (Fsp3) is 0.235. The molecule has 2 heterocycles. The van der Waals surface area contributed by atoms with E-state index in [4.69, 9.17) is 22.6 Å². The molecule has 2 N–H and O–H groups in total. The number of imidazole rings is 1. The summed E-state index contributed by atoms with van der Waals surface area (Å²) in [7, 11) is 3.81. The minimum Gasteiger partial charge on any atom is -0.382 e. The van der Waals surface area contributed by atoms with Crippen LogP contribution < -0.4 is 10.6 Å². The van der Waals surface area contributed by atoms with Crippen molar-refractivity contribution >= 4 is 40.0 Å². The molecular weight excluding hydrogens is 324 g/mol. The van der Waals surface area contributed by atoms with Crippen LogP contribution in [0.5, 0.6) is 0 Å². The number of pyridine rings is 1. The highest BCUT2D eigenvalue weighted by Gasteiger charge is 2.16. The Labute approximate surface area is 145 Å². The van der Waals surface area contributed by atoms with Gasteiger partial charge in [0.1, 0.15) is 17.4 Å². The van der Waals surface area contributed by atoms with Gasteiger partial charge in [-0.05, 0) is 24.1 Å². The van der Waals surface area contributed by atoms with Crippen LogP contribution in [0.2, 0.25) is 5.02 Å². The van der Waals surface area contributed by atoms with Crippen LogP contribution in [0.1, 0.15) is 18.1 Å². The number of hydrogen-bond donors (Lipinski definition) is 1. The maximum atomic E-state index is 9.16. The molecule has 0 saturated heterocycles. The van der Waals surface area contributed by atoms with Crippen LogP contribution in [0.4, 0.5) is 17.3 Å². The third kappa shape index (κ3) is 2.53.